The molecular weight excluding hydrogens is 918 g/mol. The van der Waals surface area contributed by atoms with Crippen molar-refractivity contribution in [2.24, 2.45) is 0 Å². The molecule has 53 heavy (non-hydrogen) atoms. The van der Waals surface area contributed by atoms with Gasteiger partial charge in [-0.2, -0.15) is 0 Å². The summed E-state index contributed by atoms with van der Waals surface area (Å²) >= 11 is 0. The van der Waals surface area contributed by atoms with Gasteiger partial charge in [0.1, 0.15) is 0 Å². The number of hydrogen-bond donors (Lipinski definition) is 0. The van der Waals surface area contributed by atoms with E-state index in [2.05, 4.69) is 0 Å². The van der Waals surface area contributed by atoms with Gasteiger partial charge < -0.3 is 224 Å². The van der Waals surface area contributed by atoms with Crippen LogP contribution in [0.25, 0.3) is 0 Å². The van der Waals surface area contributed by atoms with Crippen LogP contribution >= 0.6 is 0 Å². The average molecular weight is 991 g/mol. The Bertz CT molecular complexity index is 350. The predicted octanol–water partition coefficient (Wildman–Crippen LogP) is -34.5. The van der Waals surface area contributed by atoms with Crippen molar-refractivity contribution in [1.29, 1.82) is 0 Å². The molecule has 53 heteroatoms. The summed E-state index contributed by atoms with van der Waals surface area (Å²) in [5, 5.41) is 0. The first kappa shape index (κ1) is 1090. The number of rotatable bonds is 0. The number of hydrogen-bond acceptors (Lipinski definition) is 12. The van der Waals surface area contributed by atoms with Gasteiger partial charge in [0.05, 0.1) is 0 Å². The maximum absolute atomic E-state index is 8.52. The van der Waals surface area contributed by atoms with Crippen LogP contribution in [0.2, 0.25) is 0 Å². The first-order valence-corrected chi connectivity index (χ1v) is 6.00. The summed E-state index contributed by atoms with van der Waals surface area (Å²) in [6.07, 6.45) is 0. The van der Waals surface area contributed by atoms with E-state index < -0.39 is 31.2 Å². The van der Waals surface area contributed by atoms with Crippen LogP contribution in [0.4, 0.5) is 0 Å². The van der Waals surface area contributed by atoms with E-state index in [1.54, 1.807) is 0 Å². The Labute approximate surface area is 315 Å². The van der Waals surface area contributed by atoms with Crippen LogP contribution in [-0.4, -0.2) is 284 Å². The van der Waals surface area contributed by atoms with Crippen LogP contribution in [0.5, 0.6) is 0 Å². The van der Waals surface area contributed by atoms with Crippen LogP contribution in [-0.2, 0) is 31.2 Å². The molecule has 0 fully saturated rings. The van der Waals surface area contributed by atoms with Gasteiger partial charge in [0, 0.05) is 31.2 Å². The van der Waals surface area contributed by atoms with Crippen molar-refractivity contribution in [3.05, 3.63) is 0 Å². The minimum Gasteiger partial charge on any atom is -0.759 e. The first-order valence-electron chi connectivity index (χ1n) is 2.00. The summed E-state index contributed by atoms with van der Waals surface area (Å²) in [4.78, 5) is 0. The zero-order chi connectivity index (χ0) is 13.5. The fraction of sp³-hybridized carbons (Fsp3) is 0. The zero-order valence-electron chi connectivity index (χ0n) is 25.3. The predicted molar refractivity (Wildman–Crippen MR) is 173 cm³/mol. The zero-order valence-corrected chi connectivity index (χ0v) is 30.0. The normalized spacial score (nSPS) is 3.28. The van der Waals surface area contributed by atoms with Gasteiger partial charge in [-0.05, 0) is 0 Å². The Morgan fingerprint density at radius 3 is 0.151 bits per heavy atom. The van der Waals surface area contributed by atoms with Crippen molar-refractivity contribution in [1.82, 2.24) is 0 Å². The quantitative estimate of drug-likeness (QED) is 0.124. The van der Waals surface area contributed by atoms with E-state index in [-0.39, 0.29) is 232 Å². The topological polar surface area (TPSA) is 1370 Å². The third kappa shape index (κ3) is 212000. The van der Waals surface area contributed by atoms with Gasteiger partial charge >= 0.3 is 34.7 Å². The largest absolute Gasteiger partial charge is 3.00 e. The van der Waals surface area contributed by atoms with Gasteiger partial charge in [0.2, 0.25) is 0 Å². The summed E-state index contributed by atoms with van der Waals surface area (Å²) in [5.74, 6) is 0. The van der Waals surface area contributed by atoms with Crippen molar-refractivity contribution in [2.45, 2.75) is 0 Å². The molecule has 0 bridgehead atoms. The third-order valence-corrected chi connectivity index (χ3v) is 0. The molecule has 0 spiro atoms. The molecular formula is H72Al2O48S3. The summed E-state index contributed by atoms with van der Waals surface area (Å²) in [6, 6.07) is 0. The molecule has 0 aliphatic rings. The second-order valence-corrected chi connectivity index (χ2v) is 3.67. The molecule has 0 amide bonds. The molecule has 384 valence electrons. The second kappa shape index (κ2) is 435. The molecule has 72 N–H and O–H groups in total. The van der Waals surface area contributed by atoms with Gasteiger partial charge in [0.15, 0.2) is 0 Å². The van der Waals surface area contributed by atoms with Crippen molar-refractivity contribution >= 4 is 65.9 Å². The summed E-state index contributed by atoms with van der Waals surface area (Å²) in [5.41, 5.74) is 0. The summed E-state index contributed by atoms with van der Waals surface area (Å²) in [6.45, 7) is 0. The SMILES string of the molecule is O.O.O.O.O.O.O.O.O.O.O.O.O.O.O.O.O.O.O.O.O.O.O.O.O.O.O.O.O.O.O.O.O.O.O.O.O=S(=O)([O-])[O-].O=S(=O)([O-])[O-].O=S(=O)([O-])[O-].[Al+3].[Al+3]. The standard InChI is InChI=1S/2Al.3H2O4S.36H2O/c;;3*1-5(2,3)4;;;;;;;;;;;;;;;;;;;;;;;;;;;;;;;;;;;;/h;;3*(H2,1,2,3,4);36*1H2/q2*+3;;;;;;;;;;;;;;;;;;;;;;;;;;;;;;;;;;;;;;;/p-6. The van der Waals surface area contributed by atoms with E-state index in [4.69, 9.17) is 52.6 Å². The Kier molecular flexibility index (Phi) is 8920. The first-order chi connectivity index (χ1) is 6.00. The Balaban J connectivity index is -0.000000000769. The van der Waals surface area contributed by atoms with Gasteiger partial charge in [-0.15, -0.1) is 0 Å². The van der Waals surface area contributed by atoms with Crippen LogP contribution in [0.1, 0.15) is 0 Å². The Hall–Kier alpha value is -0.765. The van der Waals surface area contributed by atoms with Crippen molar-refractivity contribution in [2.75, 3.05) is 0 Å². The molecule has 0 saturated carbocycles. The monoisotopic (exact) mass is 990 g/mol. The van der Waals surface area contributed by atoms with E-state index >= 15 is 0 Å². The van der Waals surface area contributed by atoms with Crippen LogP contribution in [0.15, 0.2) is 0 Å². The maximum Gasteiger partial charge on any atom is 3.00 e. The van der Waals surface area contributed by atoms with Gasteiger partial charge in [-0.1, -0.05) is 0 Å². The van der Waals surface area contributed by atoms with E-state index in [9.17, 15) is 0 Å². The summed E-state index contributed by atoms with van der Waals surface area (Å²) < 4.78 is 102. The minimum absolute atomic E-state index is 0. The fourth-order valence-corrected chi connectivity index (χ4v) is 0. The second-order valence-electron chi connectivity index (χ2n) is 1.22. The molecule has 0 aromatic rings. The minimum atomic E-state index is -5.17. The molecule has 48 nitrogen and oxygen atoms in total. The van der Waals surface area contributed by atoms with Gasteiger partial charge in [-0.25, -0.2) is 0 Å². The van der Waals surface area contributed by atoms with Gasteiger partial charge in [-0.3, -0.25) is 25.3 Å². The Morgan fingerprint density at radius 1 is 0.151 bits per heavy atom. The third-order valence-electron chi connectivity index (χ3n) is 0. The fourth-order valence-electron chi connectivity index (χ4n) is 0. The molecule has 0 radical (unpaired) electrons. The van der Waals surface area contributed by atoms with E-state index in [0.717, 1.165) is 0 Å². The maximum atomic E-state index is 8.52. The average Bonchev–Trinajstić information content (AvgIpc) is 1.41. The van der Waals surface area contributed by atoms with Crippen LogP contribution in [0, 0.1) is 0 Å². The van der Waals surface area contributed by atoms with E-state index in [1.165, 1.54) is 0 Å². The van der Waals surface area contributed by atoms with Crippen LogP contribution in [0.3, 0.4) is 0 Å². The summed E-state index contributed by atoms with van der Waals surface area (Å²) in [7, 11) is -15.5. The molecule has 0 heterocycles. The van der Waals surface area contributed by atoms with Crippen molar-refractivity contribution in [3.63, 3.8) is 0 Å². The molecule has 0 aromatic carbocycles. The molecule has 0 rings (SSSR count). The molecule has 0 aromatic heterocycles. The molecule has 0 atom stereocenters. The van der Waals surface area contributed by atoms with Crippen molar-refractivity contribution < 1.29 is 250 Å². The van der Waals surface area contributed by atoms with E-state index in [0.29, 0.717) is 0 Å². The van der Waals surface area contributed by atoms with Crippen molar-refractivity contribution in [3.8, 4) is 0 Å². The van der Waals surface area contributed by atoms with E-state index in [1.807, 2.05) is 0 Å². The Morgan fingerprint density at radius 2 is 0.151 bits per heavy atom. The molecule has 0 aliphatic carbocycles. The molecule has 0 saturated heterocycles. The van der Waals surface area contributed by atoms with Gasteiger partial charge in [0.25, 0.3) is 0 Å². The molecule has 0 aliphatic heterocycles. The van der Waals surface area contributed by atoms with Crippen LogP contribution < -0.4 is 0 Å². The molecule has 0 unspecified atom stereocenters. The smallest absolute Gasteiger partial charge is 0.759 e.